The van der Waals surface area contributed by atoms with Crippen LogP contribution in [0.4, 0.5) is 5.82 Å². The summed E-state index contributed by atoms with van der Waals surface area (Å²) >= 11 is 5.96. The van der Waals surface area contributed by atoms with Crippen LogP contribution in [0, 0.1) is 6.92 Å². The van der Waals surface area contributed by atoms with Gasteiger partial charge in [-0.2, -0.15) is 0 Å². The summed E-state index contributed by atoms with van der Waals surface area (Å²) in [4.78, 5) is 28.4. The topological polar surface area (TPSA) is 71.1 Å². The number of carbonyl (C=O) groups is 2. The number of pyridine rings is 1. The Balaban J connectivity index is 1.99. The van der Waals surface area contributed by atoms with Crippen LogP contribution < -0.4 is 10.6 Å². The second-order valence-corrected chi connectivity index (χ2v) is 5.24. The predicted octanol–water partition coefficient (Wildman–Crippen LogP) is 2.80. The van der Waals surface area contributed by atoms with E-state index in [0.717, 1.165) is 5.69 Å². The Hall–Kier alpha value is -2.40. The molecule has 1 atom stereocenters. The smallest absolute Gasteiger partial charge is 0.253 e. The van der Waals surface area contributed by atoms with Gasteiger partial charge in [0.2, 0.25) is 5.91 Å². The average molecular weight is 318 g/mol. The molecule has 0 bridgehead atoms. The number of amides is 2. The molecule has 5 nitrogen and oxygen atoms in total. The number of halogens is 1. The normalized spacial score (nSPS) is 11.6. The molecular formula is C16H16ClN3O2. The zero-order chi connectivity index (χ0) is 16.1. The molecule has 2 aromatic rings. The summed E-state index contributed by atoms with van der Waals surface area (Å²) in [5, 5.41) is 5.61. The van der Waals surface area contributed by atoms with Crippen molar-refractivity contribution >= 4 is 29.2 Å². The van der Waals surface area contributed by atoms with E-state index in [2.05, 4.69) is 15.6 Å². The summed E-state index contributed by atoms with van der Waals surface area (Å²) in [6.45, 7) is 3.43. The molecule has 1 aromatic heterocycles. The largest absolute Gasteiger partial charge is 0.340 e. The van der Waals surface area contributed by atoms with E-state index in [1.807, 2.05) is 13.0 Å². The van der Waals surface area contributed by atoms with E-state index in [4.69, 9.17) is 11.6 Å². The van der Waals surface area contributed by atoms with Crippen LogP contribution in [0.15, 0.2) is 42.5 Å². The third kappa shape index (κ3) is 4.05. The molecule has 0 aliphatic carbocycles. The minimum absolute atomic E-state index is 0.331. The lowest BCUT2D eigenvalue weighted by atomic mass is 10.2. The Morgan fingerprint density at radius 1 is 1.14 bits per heavy atom. The second-order valence-electron chi connectivity index (χ2n) is 4.83. The maximum Gasteiger partial charge on any atom is 0.253 e. The SMILES string of the molecule is Cc1cccc(NC(=O)[C@H](C)NC(=O)c2ccccc2Cl)n1. The van der Waals surface area contributed by atoms with E-state index in [1.54, 1.807) is 43.3 Å². The molecule has 0 aliphatic rings. The van der Waals surface area contributed by atoms with Gasteiger partial charge in [0.25, 0.3) is 5.91 Å². The van der Waals surface area contributed by atoms with Crippen molar-refractivity contribution in [2.75, 3.05) is 5.32 Å². The van der Waals surface area contributed by atoms with Gasteiger partial charge in [0, 0.05) is 5.69 Å². The third-order valence-electron chi connectivity index (χ3n) is 3.00. The number of carbonyl (C=O) groups excluding carboxylic acids is 2. The standard InChI is InChI=1S/C16H16ClN3O2/c1-10-6-5-9-14(18-10)20-15(21)11(2)19-16(22)12-7-3-4-8-13(12)17/h3-9,11H,1-2H3,(H,19,22)(H,18,20,21)/t11-/m0/s1. The number of nitrogens with one attached hydrogen (secondary N) is 2. The monoisotopic (exact) mass is 317 g/mol. The minimum atomic E-state index is -0.717. The lowest BCUT2D eigenvalue weighted by Gasteiger charge is -2.14. The van der Waals surface area contributed by atoms with Crippen LogP contribution >= 0.6 is 11.6 Å². The van der Waals surface area contributed by atoms with Crippen molar-refractivity contribution in [1.82, 2.24) is 10.3 Å². The van der Waals surface area contributed by atoms with Crippen LogP contribution in [0.3, 0.4) is 0 Å². The maximum absolute atomic E-state index is 12.1. The summed E-state index contributed by atoms with van der Waals surface area (Å²) < 4.78 is 0. The van der Waals surface area contributed by atoms with Crippen LogP contribution in [0.25, 0.3) is 0 Å². The fraction of sp³-hybridized carbons (Fsp3) is 0.188. The van der Waals surface area contributed by atoms with Gasteiger partial charge in [-0.1, -0.05) is 29.8 Å². The van der Waals surface area contributed by atoms with Gasteiger partial charge >= 0.3 is 0 Å². The first-order chi connectivity index (χ1) is 10.5. The van der Waals surface area contributed by atoms with Crippen molar-refractivity contribution in [3.05, 3.63) is 58.7 Å². The molecule has 2 N–H and O–H groups in total. The molecular weight excluding hydrogens is 302 g/mol. The highest BCUT2D eigenvalue weighted by Gasteiger charge is 2.18. The van der Waals surface area contributed by atoms with Crippen LogP contribution in [-0.2, 0) is 4.79 Å². The first kappa shape index (κ1) is 16.0. The number of nitrogens with zero attached hydrogens (tertiary/aromatic N) is 1. The highest BCUT2D eigenvalue weighted by Crippen LogP contribution is 2.14. The van der Waals surface area contributed by atoms with Crippen LogP contribution in [-0.4, -0.2) is 22.8 Å². The lowest BCUT2D eigenvalue weighted by Crippen LogP contribution is -2.41. The number of aryl methyl sites for hydroxylation is 1. The summed E-state index contributed by atoms with van der Waals surface area (Å²) in [7, 11) is 0. The Bertz CT molecular complexity index is 703. The van der Waals surface area contributed by atoms with Crippen molar-refractivity contribution in [3.8, 4) is 0 Å². The molecule has 1 aromatic carbocycles. The number of benzene rings is 1. The van der Waals surface area contributed by atoms with Crippen LogP contribution in [0.5, 0.6) is 0 Å². The molecule has 1 heterocycles. The number of anilines is 1. The second kappa shape index (κ2) is 7.04. The van der Waals surface area contributed by atoms with E-state index in [1.165, 1.54) is 0 Å². The van der Waals surface area contributed by atoms with Crippen molar-refractivity contribution in [1.29, 1.82) is 0 Å². The average Bonchev–Trinajstić information content (AvgIpc) is 2.47. The molecule has 6 heteroatoms. The highest BCUT2D eigenvalue weighted by atomic mass is 35.5. The molecule has 0 spiro atoms. The molecule has 0 saturated heterocycles. The van der Waals surface area contributed by atoms with E-state index < -0.39 is 11.9 Å². The van der Waals surface area contributed by atoms with E-state index in [0.29, 0.717) is 16.4 Å². The molecule has 0 saturated carbocycles. The zero-order valence-corrected chi connectivity index (χ0v) is 13.0. The van der Waals surface area contributed by atoms with Crippen molar-refractivity contribution < 1.29 is 9.59 Å². The fourth-order valence-electron chi connectivity index (χ4n) is 1.83. The first-order valence-electron chi connectivity index (χ1n) is 6.77. The van der Waals surface area contributed by atoms with Gasteiger partial charge in [0.1, 0.15) is 11.9 Å². The Labute approximate surface area is 133 Å². The number of aromatic nitrogens is 1. The summed E-state index contributed by atoms with van der Waals surface area (Å²) in [6.07, 6.45) is 0. The predicted molar refractivity (Wildman–Crippen MR) is 86.0 cm³/mol. The van der Waals surface area contributed by atoms with E-state index in [-0.39, 0.29) is 5.91 Å². The molecule has 0 aliphatic heterocycles. The van der Waals surface area contributed by atoms with Gasteiger partial charge in [-0.3, -0.25) is 9.59 Å². The quantitative estimate of drug-likeness (QED) is 0.911. The van der Waals surface area contributed by atoms with Gasteiger partial charge in [-0.15, -0.1) is 0 Å². The van der Waals surface area contributed by atoms with E-state index >= 15 is 0 Å². The van der Waals surface area contributed by atoms with Gasteiger partial charge in [0.05, 0.1) is 10.6 Å². The molecule has 2 rings (SSSR count). The van der Waals surface area contributed by atoms with Gasteiger partial charge in [-0.05, 0) is 38.1 Å². The third-order valence-corrected chi connectivity index (χ3v) is 3.33. The Morgan fingerprint density at radius 2 is 1.86 bits per heavy atom. The Morgan fingerprint density at radius 3 is 2.55 bits per heavy atom. The zero-order valence-electron chi connectivity index (χ0n) is 12.3. The number of hydrogen-bond acceptors (Lipinski definition) is 3. The first-order valence-corrected chi connectivity index (χ1v) is 7.15. The van der Waals surface area contributed by atoms with Crippen LogP contribution in [0.2, 0.25) is 5.02 Å². The number of hydrogen-bond donors (Lipinski definition) is 2. The molecule has 2 amide bonds. The van der Waals surface area contributed by atoms with Gasteiger partial charge in [-0.25, -0.2) is 4.98 Å². The van der Waals surface area contributed by atoms with Crippen molar-refractivity contribution in [3.63, 3.8) is 0 Å². The minimum Gasteiger partial charge on any atom is -0.340 e. The van der Waals surface area contributed by atoms with Gasteiger partial charge in [0.15, 0.2) is 0 Å². The highest BCUT2D eigenvalue weighted by molar-refractivity contribution is 6.33. The lowest BCUT2D eigenvalue weighted by molar-refractivity contribution is -0.117. The summed E-state index contributed by atoms with van der Waals surface area (Å²) in [5.41, 5.74) is 1.13. The van der Waals surface area contributed by atoms with Gasteiger partial charge < -0.3 is 10.6 Å². The molecule has 114 valence electrons. The Kier molecular flexibility index (Phi) is 5.12. The molecule has 0 fully saturated rings. The van der Waals surface area contributed by atoms with Crippen LogP contribution in [0.1, 0.15) is 23.0 Å². The maximum atomic E-state index is 12.1. The van der Waals surface area contributed by atoms with E-state index in [9.17, 15) is 9.59 Å². The summed E-state index contributed by atoms with van der Waals surface area (Å²) in [6, 6.07) is 11.3. The van der Waals surface area contributed by atoms with Crippen molar-refractivity contribution in [2.24, 2.45) is 0 Å². The summed E-state index contributed by atoms with van der Waals surface area (Å²) in [5.74, 6) is -0.298. The number of rotatable bonds is 4. The molecule has 0 radical (unpaired) electrons. The molecule has 0 unspecified atom stereocenters. The molecule has 22 heavy (non-hydrogen) atoms. The fourth-order valence-corrected chi connectivity index (χ4v) is 2.05. The van der Waals surface area contributed by atoms with Crippen molar-refractivity contribution in [2.45, 2.75) is 19.9 Å².